The van der Waals surface area contributed by atoms with Crippen LogP contribution < -0.4 is 4.74 Å². The molecular formula is C18H19FN4O2. The molecule has 1 aromatic heterocycles. The van der Waals surface area contributed by atoms with Crippen molar-refractivity contribution in [2.75, 3.05) is 26.9 Å². The second kappa shape index (κ2) is 8.34. The Kier molecular flexibility index (Phi) is 5.69. The maximum Gasteiger partial charge on any atom is 0.175 e. The lowest BCUT2D eigenvalue weighted by molar-refractivity contribution is 0.146. The lowest BCUT2D eigenvalue weighted by Crippen LogP contribution is -2.06. The van der Waals surface area contributed by atoms with Crippen LogP contribution in [0.5, 0.6) is 5.75 Å². The van der Waals surface area contributed by atoms with Crippen LogP contribution in [0.1, 0.15) is 5.82 Å². The van der Waals surface area contributed by atoms with Crippen molar-refractivity contribution in [3.8, 4) is 17.1 Å². The molecule has 0 N–H and O–H groups in total. The van der Waals surface area contributed by atoms with Crippen molar-refractivity contribution in [3.05, 3.63) is 54.1 Å². The summed E-state index contributed by atoms with van der Waals surface area (Å²) in [5.74, 6) is 1.19. The lowest BCUT2D eigenvalue weighted by Gasteiger charge is -2.10. The van der Waals surface area contributed by atoms with E-state index in [4.69, 9.17) is 9.47 Å². The number of benzene rings is 1. The highest BCUT2D eigenvalue weighted by atomic mass is 19.1. The van der Waals surface area contributed by atoms with E-state index >= 15 is 0 Å². The quantitative estimate of drug-likeness (QED) is 0.784. The molecule has 0 amide bonds. The Balaban J connectivity index is 1.95. The molecule has 2 heterocycles. The predicted octanol–water partition coefficient (Wildman–Crippen LogP) is 2.65. The van der Waals surface area contributed by atoms with Crippen molar-refractivity contribution in [1.82, 2.24) is 14.8 Å². The van der Waals surface area contributed by atoms with Gasteiger partial charge in [0.15, 0.2) is 11.6 Å². The van der Waals surface area contributed by atoms with Crippen LogP contribution >= 0.6 is 0 Å². The number of allylic oxidation sites excluding steroid dienone is 3. The van der Waals surface area contributed by atoms with Crippen LogP contribution in [-0.4, -0.2) is 47.8 Å². The van der Waals surface area contributed by atoms with Gasteiger partial charge in [-0.1, -0.05) is 24.3 Å². The number of hydrogen-bond donors (Lipinski definition) is 0. The van der Waals surface area contributed by atoms with Gasteiger partial charge in [0, 0.05) is 13.7 Å². The number of aliphatic imine (C=N–C) groups is 1. The summed E-state index contributed by atoms with van der Waals surface area (Å²) in [4.78, 5) is 4.27. The van der Waals surface area contributed by atoms with Gasteiger partial charge < -0.3 is 14.0 Å². The predicted molar refractivity (Wildman–Crippen MR) is 93.5 cm³/mol. The molecule has 0 unspecified atom stereocenters. The van der Waals surface area contributed by atoms with Gasteiger partial charge >= 0.3 is 0 Å². The van der Waals surface area contributed by atoms with Crippen molar-refractivity contribution >= 4 is 6.21 Å². The van der Waals surface area contributed by atoms with E-state index in [1.54, 1.807) is 25.5 Å². The number of fused-ring (bicyclic) bond motifs is 1. The fourth-order valence-corrected chi connectivity index (χ4v) is 2.38. The molecule has 0 radical (unpaired) electrons. The first kappa shape index (κ1) is 17.0. The van der Waals surface area contributed by atoms with Crippen LogP contribution in [0, 0.1) is 5.82 Å². The summed E-state index contributed by atoms with van der Waals surface area (Å²) in [6, 6.07) is 4.58. The number of ether oxygens (including phenoxy) is 2. The SMILES string of the molecule is COCCOc1ccc(F)c(-c2nnc3n2C/C=C\C=C/C/N=C\3)c1. The molecule has 1 aliphatic rings. The average molecular weight is 342 g/mol. The molecule has 0 saturated heterocycles. The van der Waals surface area contributed by atoms with Crippen LogP contribution in [0.2, 0.25) is 0 Å². The zero-order valence-electron chi connectivity index (χ0n) is 13.9. The number of halogens is 1. The fourth-order valence-electron chi connectivity index (χ4n) is 2.38. The standard InChI is InChI=1S/C18H19FN4O2/c1-24-10-11-25-14-6-7-16(19)15(12-14)18-22-21-17-13-20-8-4-2-3-5-9-23(17)18/h2-7,12-13H,8-11H2,1H3/b4-2-,5-3-,20-13-. The van der Waals surface area contributed by atoms with Crippen LogP contribution in [0.15, 0.2) is 47.5 Å². The van der Waals surface area contributed by atoms with Crippen molar-refractivity contribution in [1.29, 1.82) is 0 Å². The molecule has 0 bridgehead atoms. The molecule has 0 atom stereocenters. The normalized spacial score (nSPS) is 17.5. The average Bonchev–Trinajstić information content (AvgIpc) is 3.03. The number of methoxy groups -OCH3 is 1. The Morgan fingerprint density at radius 2 is 2.04 bits per heavy atom. The van der Waals surface area contributed by atoms with E-state index < -0.39 is 0 Å². The molecule has 0 fully saturated rings. The van der Waals surface area contributed by atoms with E-state index in [1.807, 2.05) is 28.9 Å². The van der Waals surface area contributed by atoms with E-state index in [0.717, 1.165) is 0 Å². The van der Waals surface area contributed by atoms with Gasteiger partial charge in [-0.2, -0.15) is 0 Å². The summed E-state index contributed by atoms with van der Waals surface area (Å²) in [6.45, 7) is 1.93. The summed E-state index contributed by atoms with van der Waals surface area (Å²) in [5, 5.41) is 8.29. The monoisotopic (exact) mass is 342 g/mol. The largest absolute Gasteiger partial charge is 0.491 e. The number of aromatic nitrogens is 3. The van der Waals surface area contributed by atoms with Gasteiger partial charge in [0.1, 0.15) is 18.2 Å². The molecule has 7 heteroatoms. The van der Waals surface area contributed by atoms with Crippen LogP contribution in [-0.2, 0) is 11.3 Å². The van der Waals surface area contributed by atoms with E-state index in [-0.39, 0.29) is 5.82 Å². The number of nitrogens with zero attached hydrogens (tertiary/aromatic N) is 4. The molecule has 1 aromatic carbocycles. The Bertz CT molecular complexity index is 811. The molecule has 0 saturated carbocycles. The summed E-state index contributed by atoms with van der Waals surface area (Å²) in [7, 11) is 1.60. The van der Waals surface area contributed by atoms with Gasteiger partial charge in [0.2, 0.25) is 0 Å². The van der Waals surface area contributed by atoms with Crippen LogP contribution in [0.25, 0.3) is 11.4 Å². The zero-order valence-corrected chi connectivity index (χ0v) is 13.9. The minimum absolute atomic E-state index is 0.336. The van der Waals surface area contributed by atoms with E-state index in [2.05, 4.69) is 15.2 Å². The molecule has 25 heavy (non-hydrogen) atoms. The first-order valence-electron chi connectivity index (χ1n) is 7.96. The van der Waals surface area contributed by atoms with Gasteiger partial charge in [-0.15, -0.1) is 10.2 Å². The number of rotatable bonds is 5. The van der Waals surface area contributed by atoms with Crippen LogP contribution in [0.3, 0.4) is 0 Å². The highest BCUT2D eigenvalue weighted by Gasteiger charge is 2.16. The van der Waals surface area contributed by atoms with Gasteiger partial charge in [-0.3, -0.25) is 4.99 Å². The van der Waals surface area contributed by atoms with Crippen molar-refractivity contribution < 1.29 is 13.9 Å². The topological polar surface area (TPSA) is 61.5 Å². The minimum atomic E-state index is -0.382. The van der Waals surface area contributed by atoms with Gasteiger partial charge in [-0.25, -0.2) is 4.39 Å². The molecule has 1 aliphatic heterocycles. The third-order valence-electron chi connectivity index (χ3n) is 3.60. The molecular weight excluding hydrogens is 323 g/mol. The summed E-state index contributed by atoms with van der Waals surface area (Å²) in [6.07, 6.45) is 9.41. The first-order valence-corrected chi connectivity index (χ1v) is 7.96. The first-order chi connectivity index (χ1) is 12.3. The summed E-state index contributed by atoms with van der Waals surface area (Å²) < 4.78 is 26.7. The molecule has 2 aromatic rings. The third-order valence-corrected chi connectivity index (χ3v) is 3.60. The Morgan fingerprint density at radius 3 is 2.92 bits per heavy atom. The second-order valence-corrected chi connectivity index (χ2v) is 5.33. The minimum Gasteiger partial charge on any atom is -0.491 e. The Labute approximate surface area is 145 Å². The zero-order chi connectivity index (χ0) is 17.5. The lowest BCUT2D eigenvalue weighted by atomic mass is 10.2. The van der Waals surface area contributed by atoms with Crippen molar-refractivity contribution in [2.24, 2.45) is 4.99 Å². The van der Waals surface area contributed by atoms with E-state index in [9.17, 15) is 4.39 Å². The van der Waals surface area contributed by atoms with Crippen molar-refractivity contribution in [2.45, 2.75) is 6.54 Å². The highest BCUT2D eigenvalue weighted by Crippen LogP contribution is 2.26. The summed E-state index contributed by atoms with van der Waals surface area (Å²) >= 11 is 0. The number of hydrogen-bond acceptors (Lipinski definition) is 5. The second-order valence-electron chi connectivity index (χ2n) is 5.33. The summed E-state index contributed by atoms with van der Waals surface area (Å²) in [5.41, 5.74) is 0.336. The smallest absolute Gasteiger partial charge is 0.175 e. The Hall–Kier alpha value is -2.80. The highest BCUT2D eigenvalue weighted by molar-refractivity contribution is 5.76. The molecule has 3 rings (SSSR count). The molecule has 130 valence electrons. The van der Waals surface area contributed by atoms with E-state index in [0.29, 0.717) is 49.3 Å². The van der Waals surface area contributed by atoms with E-state index in [1.165, 1.54) is 6.07 Å². The third kappa shape index (κ3) is 4.19. The maximum absolute atomic E-state index is 14.4. The molecule has 0 spiro atoms. The maximum atomic E-state index is 14.4. The molecule has 0 aliphatic carbocycles. The van der Waals surface area contributed by atoms with Gasteiger partial charge in [-0.05, 0) is 18.2 Å². The van der Waals surface area contributed by atoms with Crippen molar-refractivity contribution in [3.63, 3.8) is 0 Å². The van der Waals surface area contributed by atoms with Crippen LogP contribution in [0.4, 0.5) is 4.39 Å². The fraction of sp³-hybridized carbons (Fsp3) is 0.278. The Morgan fingerprint density at radius 1 is 1.16 bits per heavy atom. The van der Waals surface area contributed by atoms with Gasteiger partial charge in [0.25, 0.3) is 0 Å². The van der Waals surface area contributed by atoms with Gasteiger partial charge in [0.05, 0.1) is 24.9 Å². The molecule has 6 nitrogen and oxygen atoms in total.